The Bertz CT molecular complexity index is 1270. The Morgan fingerprint density at radius 2 is 0.676 bits per heavy atom. The fraction of sp³-hybridized carbons (Fsp3) is 0.143. The second-order valence-electron chi connectivity index (χ2n) is 7.76. The van der Waals surface area contributed by atoms with Crippen LogP contribution in [0, 0.1) is 0 Å². The minimum absolute atomic E-state index is 0.227. The van der Waals surface area contributed by atoms with Gasteiger partial charge in [-0.2, -0.15) is 0 Å². The van der Waals surface area contributed by atoms with E-state index in [0.717, 1.165) is 31.3 Å². The Morgan fingerprint density at radius 1 is 0.441 bits per heavy atom. The lowest BCUT2D eigenvalue weighted by Crippen LogP contribution is -2.36. The predicted molar refractivity (Wildman–Crippen MR) is 132 cm³/mol. The molecule has 0 spiro atoms. The van der Waals surface area contributed by atoms with Crippen molar-refractivity contribution in [2.75, 3.05) is 14.1 Å². The van der Waals surface area contributed by atoms with Crippen LogP contribution in [0.15, 0.2) is 72.8 Å². The molecule has 0 unspecified atom stereocenters. The molecule has 2 aliphatic heterocycles. The Hall–Kier alpha value is -4.32. The van der Waals surface area contributed by atoms with Gasteiger partial charge in [0.15, 0.2) is 0 Å². The number of carbonyl (C=O) groups is 4. The van der Waals surface area contributed by atoms with Crippen LogP contribution >= 0.6 is 0 Å². The van der Waals surface area contributed by atoms with E-state index >= 15 is 0 Å². The van der Waals surface area contributed by atoms with Crippen molar-refractivity contribution in [3.63, 3.8) is 0 Å². The molecule has 0 N–H and O–H groups in total. The van der Waals surface area contributed by atoms with E-state index in [4.69, 9.17) is 0 Å². The second kappa shape index (κ2) is 8.90. The first-order valence-electron chi connectivity index (χ1n) is 11.1. The van der Waals surface area contributed by atoms with Gasteiger partial charge in [-0.25, -0.2) is 0 Å². The summed E-state index contributed by atoms with van der Waals surface area (Å²) in [5.74, 6) is -0.910. The van der Waals surface area contributed by atoms with Gasteiger partial charge in [0.2, 0.25) is 0 Å². The Balaban J connectivity index is 0.000000150. The highest BCUT2D eigenvalue weighted by atomic mass is 16.2. The molecule has 4 aromatic rings. The number of imide groups is 2. The van der Waals surface area contributed by atoms with Crippen molar-refractivity contribution in [1.29, 1.82) is 0 Å². The molecule has 0 atom stereocenters. The van der Waals surface area contributed by atoms with Gasteiger partial charge in [-0.3, -0.25) is 29.0 Å². The molecule has 0 saturated heterocycles. The minimum Gasteiger partial charge on any atom is -0.277 e. The second-order valence-corrected chi connectivity index (χ2v) is 7.76. The zero-order valence-electron chi connectivity index (χ0n) is 19.5. The highest BCUT2D eigenvalue weighted by molar-refractivity contribution is 6.26. The molecule has 6 heteroatoms. The van der Waals surface area contributed by atoms with Crippen molar-refractivity contribution in [1.82, 2.24) is 9.80 Å². The largest absolute Gasteiger partial charge is 0.277 e. The summed E-state index contributed by atoms with van der Waals surface area (Å²) in [7, 11) is 3.03. The monoisotopic (exact) mass is 452 g/mol. The highest BCUT2D eigenvalue weighted by Gasteiger charge is 2.30. The summed E-state index contributed by atoms with van der Waals surface area (Å²) in [5.41, 5.74) is 2.43. The lowest BCUT2D eigenvalue weighted by atomic mass is 9.94. The van der Waals surface area contributed by atoms with Crippen LogP contribution in [0.25, 0.3) is 21.5 Å². The summed E-state index contributed by atoms with van der Waals surface area (Å²) in [5, 5.41) is 3.42. The maximum Gasteiger partial charge on any atom is 0.261 e. The minimum atomic E-state index is -0.228. The van der Waals surface area contributed by atoms with Crippen LogP contribution in [0.5, 0.6) is 0 Å². The molecule has 0 aliphatic carbocycles. The number of hydrogen-bond donors (Lipinski definition) is 0. The zero-order chi connectivity index (χ0) is 24.6. The van der Waals surface area contributed by atoms with Crippen LogP contribution in [0.1, 0.15) is 55.3 Å². The average molecular weight is 453 g/mol. The number of nitrogens with zero attached hydrogens (tertiary/aromatic N) is 2. The normalized spacial score (nSPS) is 14.0. The third-order valence-electron chi connectivity index (χ3n) is 5.95. The van der Waals surface area contributed by atoms with Crippen LogP contribution in [-0.2, 0) is 0 Å². The molecule has 4 amide bonds. The van der Waals surface area contributed by atoms with Crippen molar-refractivity contribution >= 4 is 45.2 Å². The van der Waals surface area contributed by atoms with E-state index in [0.29, 0.717) is 22.3 Å². The van der Waals surface area contributed by atoms with Crippen LogP contribution in [-0.4, -0.2) is 47.5 Å². The van der Waals surface area contributed by atoms with Gasteiger partial charge in [-0.1, -0.05) is 62.4 Å². The molecule has 0 aromatic heterocycles. The molecule has 4 aromatic carbocycles. The summed E-state index contributed by atoms with van der Waals surface area (Å²) in [6.07, 6.45) is 0. The highest BCUT2D eigenvalue weighted by Crippen LogP contribution is 2.30. The first-order valence-corrected chi connectivity index (χ1v) is 11.1. The third kappa shape index (κ3) is 3.44. The van der Waals surface area contributed by atoms with Gasteiger partial charge in [0.05, 0.1) is 0 Å². The van der Waals surface area contributed by atoms with Gasteiger partial charge in [-0.05, 0) is 35.0 Å². The fourth-order valence-electron chi connectivity index (χ4n) is 4.30. The quantitative estimate of drug-likeness (QED) is 0.346. The number of amides is 4. The maximum atomic E-state index is 11.9. The van der Waals surface area contributed by atoms with Gasteiger partial charge < -0.3 is 0 Å². The van der Waals surface area contributed by atoms with Crippen LogP contribution in [0.4, 0.5) is 0 Å². The lowest BCUT2D eigenvalue weighted by molar-refractivity contribution is 0.0635. The van der Waals surface area contributed by atoms with E-state index < -0.39 is 0 Å². The number of benzene rings is 4. The molecule has 0 bridgehead atoms. The number of rotatable bonds is 0. The fourth-order valence-corrected chi connectivity index (χ4v) is 4.30. The Kier molecular flexibility index (Phi) is 5.99. The van der Waals surface area contributed by atoms with E-state index in [2.05, 4.69) is 0 Å². The average Bonchev–Trinajstić information content (AvgIpc) is 2.89. The third-order valence-corrected chi connectivity index (χ3v) is 5.95. The zero-order valence-corrected chi connectivity index (χ0v) is 19.5. The van der Waals surface area contributed by atoms with E-state index in [9.17, 15) is 19.2 Å². The smallest absolute Gasteiger partial charge is 0.261 e. The van der Waals surface area contributed by atoms with Crippen molar-refractivity contribution < 1.29 is 19.2 Å². The van der Waals surface area contributed by atoms with E-state index in [1.807, 2.05) is 62.4 Å². The van der Waals surface area contributed by atoms with Crippen molar-refractivity contribution in [2.24, 2.45) is 0 Å². The van der Waals surface area contributed by atoms with Crippen LogP contribution in [0.3, 0.4) is 0 Å². The van der Waals surface area contributed by atoms with Crippen molar-refractivity contribution in [3.8, 4) is 0 Å². The molecular weight excluding hydrogens is 428 g/mol. The molecule has 0 saturated carbocycles. The molecule has 6 rings (SSSR count). The van der Waals surface area contributed by atoms with Gasteiger partial charge in [-0.15, -0.1) is 0 Å². The van der Waals surface area contributed by atoms with Gasteiger partial charge in [0, 0.05) is 47.1 Å². The summed E-state index contributed by atoms with van der Waals surface area (Å²) in [6, 6.07) is 22.0. The lowest BCUT2D eigenvalue weighted by Gasteiger charge is -2.23. The summed E-state index contributed by atoms with van der Waals surface area (Å²) < 4.78 is 0. The van der Waals surface area contributed by atoms with E-state index in [1.54, 1.807) is 24.3 Å². The molecule has 2 aliphatic rings. The molecule has 0 fully saturated rings. The Morgan fingerprint density at radius 3 is 0.912 bits per heavy atom. The van der Waals surface area contributed by atoms with E-state index in [1.165, 1.54) is 14.1 Å². The molecular formula is C28H24N2O4. The van der Waals surface area contributed by atoms with Crippen LogP contribution in [0.2, 0.25) is 0 Å². The van der Waals surface area contributed by atoms with E-state index in [-0.39, 0.29) is 23.6 Å². The first-order chi connectivity index (χ1) is 16.4. The molecule has 34 heavy (non-hydrogen) atoms. The first kappa shape index (κ1) is 22.9. The topological polar surface area (TPSA) is 74.8 Å². The molecule has 0 radical (unpaired) electrons. The van der Waals surface area contributed by atoms with Gasteiger partial charge in [0.1, 0.15) is 0 Å². The SMILES string of the molecule is CC.CN1C(=O)c2cccc3cccc(c23)C1=O.CN1C(=O)c2cccc3cccc(c23)C1=O. The van der Waals surface area contributed by atoms with Crippen molar-refractivity contribution in [2.45, 2.75) is 13.8 Å². The van der Waals surface area contributed by atoms with Crippen molar-refractivity contribution in [3.05, 3.63) is 95.1 Å². The standard InChI is InChI=1S/2C13H9NO2.C2H6/c2*1-14-12(15)9-6-2-4-8-5-3-7-10(11(8)9)13(14)16;1-2/h2*2-7H,1H3;1-2H3. The van der Waals surface area contributed by atoms with Gasteiger partial charge in [0.25, 0.3) is 23.6 Å². The molecule has 170 valence electrons. The summed E-state index contributed by atoms with van der Waals surface area (Å²) >= 11 is 0. The Labute approximate surface area is 197 Å². The predicted octanol–water partition coefficient (Wildman–Crippen LogP) is 5.16. The number of hydrogen-bond acceptors (Lipinski definition) is 4. The van der Waals surface area contributed by atoms with Crippen LogP contribution < -0.4 is 0 Å². The maximum absolute atomic E-state index is 11.9. The summed E-state index contributed by atoms with van der Waals surface area (Å²) in [6.45, 7) is 4.00. The molecule has 2 heterocycles. The number of carbonyl (C=O) groups excluding carboxylic acids is 4. The summed E-state index contributed by atoms with van der Waals surface area (Å²) in [4.78, 5) is 50.0. The molecule has 6 nitrogen and oxygen atoms in total. The van der Waals surface area contributed by atoms with Gasteiger partial charge >= 0.3 is 0 Å².